The van der Waals surface area contributed by atoms with Crippen LogP contribution in [-0.4, -0.2) is 33.7 Å². The highest BCUT2D eigenvalue weighted by atomic mass is 32.2. The highest BCUT2D eigenvalue weighted by Gasteiger charge is 2.42. The van der Waals surface area contributed by atoms with E-state index in [0.717, 1.165) is 12.0 Å². The number of halogens is 1. The summed E-state index contributed by atoms with van der Waals surface area (Å²) in [4.78, 5) is 26.0. The standard InChI is InChI=1S/C19H18FNO3S/c1-2-12-3-5-13(6-4-12)17(22)21-16(19(23)24)11-25-18(21)14-7-9-15(20)10-8-14/h3-10,16,18H,2,11H2,1H3,(H,23,24). The minimum Gasteiger partial charge on any atom is -0.480 e. The second-order valence-electron chi connectivity index (χ2n) is 5.85. The first-order chi connectivity index (χ1) is 12.0. The number of aliphatic carboxylic acids is 1. The summed E-state index contributed by atoms with van der Waals surface area (Å²) >= 11 is 1.38. The Morgan fingerprint density at radius 3 is 2.36 bits per heavy atom. The molecular formula is C19H18FNO3S. The molecule has 1 amide bonds. The van der Waals surface area contributed by atoms with Gasteiger partial charge in [0.1, 0.15) is 17.2 Å². The summed E-state index contributed by atoms with van der Waals surface area (Å²) in [6.45, 7) is 2.03. The molecule has 0 bridgehead atoms. The predicted octanol–water partition coefficient (Wildman–Crippen LogP) is 3.73. The van der Waals surface area contributed by atoms with Crippen LogP contribution in [0.5, 0.6) is 0 Å². The van der Waals surface area contributed by atoms with Crippen molar-refractivity contribution in [2.45, 2.75) is 24.8 Å². The SMILES string of the molecule is CCc1ccc(C(=O)N2C(C(=O)O)CSC2c2ccc(F)cc2)cc1. The van der Waals surface area contributed by atoms with Crippen LogP contribution >= 0.6 is 11.8 Å². The van der Waals surface area contributed by atoms with Gasteiger partial charge in [-0.2, -0.15) is 0 Å². The number of amides is 1. The van der Waals surface area contributed by atoms with E-state index in [2.05, 4.69) is 0 Å². The van der Waals surface area contributed by atoms with Crippen LogP contribution in [0.3, 0.4) is 0 Å². The number of carboxylic acids is 1. The molecule has 6 heteroatoms. The molecule has 0 aliphatic carbocycles. The molecule has 1 fully saturated rings. The average molecular weight is 359 g/mol. The molecule has 2 aromatic rings. The molecule has 4 nitrogen and oxygen atoms in total. The van der Waals surface area contributed by atoms with Crippen molar-refractivity contribution in [2.75, 3.05) is 5.75 Å². The maximum absolute atomic E-state index is 13.2. The largest absolute Gasteiger partial charge is 0.480 e. The van der Waals surface area contributed by atoms with Gasteiger partial charge in [0, 0.05) is 11.3 Å². The van der Waals surface area contributed by atoms with Gasteiger partial charge in [-0.25, -0.2) is 9.18 Å². The number of carbonyl (C=O) groups is 2. The Morgan fingerprint density at radius 1 is 1.16 bits per heavy atom. The van der Waals surface area contributed by atoms with Crippen LogP contribution in [-0.2, 0) is 11.2 Å². The Labute approximate surface area is 149 Å². The number of carboxylic acid groups (broad SMARTS) is 1. The lowest BCUT2D eigenvalue weighted by molar-refractivity contribution is -0.141. The smallest absolute Gasteiger partial charge is 0.327 e. The van der Waals surface area contributed by atoms with Crippen molar-refractivity contribution < 1.29 is 19.1 Å². The molecule has 0 spiro atoms. The van der Waals surface area contributed by atoms with Crippen molar-refractivity contribution in [1.29, 1.82) is 0 Å². The number of carbonyl (C=O) groups excluding carboxylic acids is 1. The molecule has 2 unspecified atom stereocenters. The minimum atomic E-state index is -1.03. The van der Waals surface area contributed by atoms with E-state index in [1.54, 1.807) is 24.3 Å². The molecule has 0 saturated carbocycles. The van der Waals surface area contributed by atoms with Gasteiger partial charge in [0.2, 0.25) is 0 Å². The first kappa shape index (κ1) is 17.5. The lowest BCUT2D eigenvalue weighted by Crippen LogP contribution is -2.42. The molecule has 2 atom stereocenters. The number of hydrogen-bond donors (Lipinski definition) is 1. The Kier molecular flexibility index (Phi) is 5.08. The van der Waals surface area contributed by atoms with Gasteiger partial charge in [0.15, 0.2) is 0 Å². The van der Waals surface area contributed by atoms with Gasteiger partial charge in [-0.1, -0.05) is 31.2 Å². The van der Waals surface area contributed by atoms with Crippen molar-refractivity contribution in [3.8, 4) is 0 Å². The second-order valence-corrected chi connectivity index (χ2v) is 6.97. The minimum absolute atomic E-state index is 0.302. The highest BCUT2D eigenvalue weighted by molar-refractivity contribution is 7.99. The summed E-state index contributed by atoms with van der Waals surface area (Å²) in [5.41, 5.74) is 2.28. The summed E-state index contributed by atoms with van der Waals surface area (Å²) < 4.78 is 13.2. The second kappa shape index (κ2) is 7.27. The topological polar surface area (TPSA) is 57.6 Å². The van der Waals surface area contributed by atoms with E-state index in [1.807, 2.05) is 19.1 Å². The summed E-state index contributed by atoms with van der Waals surface area (Å²) in [6.07, 6.45) is 0.865. The lowest BCUT2D eigenvalue weighted by atomic mass is 10.1. The van der Waals surface area contributed by atoms with Gasteiger partial charge >= 0.3 is 5.97 Å². The summed E-state index contributed by atoms with van der Waals surface area (Å²) in [5.74, 6) is -1.42. The third-order valence-corrected chi connectivity index (χ3v) is 5.61. The molecule has 1 heterocycles. The predicted molar refractivity (Wildman–Crippen MR) is 95.0 cm³/mol. The van der Waals surface area contributed by atoms with Gasteiger partial charge in [0.05, 0.1) is 0 Å². The van der Waals surface area contributed by atoms with Gasteiger partial charge in [-0.15, -0.1) is 11.8 Å². The van der Waals surface area contributed by atoms with Crippen LogP contribution in [0.15, 0.2) is 48.5 Å². The monoisotopic (exact) mass is 359 g/mol. The maximum atomic E-state index is 13.2. The van der Waals surface area contributed by atoms with Gasteiger partial charge in [-0.05, 0) is 41.8 Å². The summed E-state index contributed by atoms with van der Waals surface area (Å²) in [7, 11) is 0. The zero-order valence-electron chi connectivity index (χ0n) is 13.7. The Morgan fingerprint density at radius 2 is 1.80 bits per heavy atom. The average Bonchev–Trinajstić information content (AvgIpc) is 3.07. The van der Waals surface area contributed by atoms with Crippen molar-refractivity contribution in [3.63, 3.8) is 0 Å². The molecule has 0 radical (unpaired) electrons. The Hall–Kier alpha value is -2.34. The van der Waals surface area contributed by atoms with Gasteiger partial charge in [-0.3, -0.25) is 4.79 Å². The van der Waals surface area contributed by atoms with E-state index in [4.69, 9.17) is 0 Å². The highest BCUT2D eigenvalue weighted by Crippen LogP contribution is 2.42. The van der Waals surface area contributed by atoms with Crippen molar-refractivity contribution in [3.05, 3.63) is 71.0 Å². The van der Waals surface area contributed by atoms with Gasteiger partial charge in [0.25, 0.3) is 5.91 Å². The fraction of sp³-hybridized carbons (Fsp3) is 0.263. The van der Waals surface area contributed by atoms with Crippen molar-refractivity contribution in [1.82, 2.24) is 4.90 Å². The van der Waals surface area contributed by atoms with Crippen LogP contribution in [0.2, 0.25) is 0 Å². The Balaban J connectivity index is 1.94. The zero-order chi connectivity index (χ0) is 18.0. The van der Waals surface area contributed by atoms with Crippen molar-refractivity contribution in [2.24, 2.45) is 0 Å². The van der Waals surface area contributed by atoms with E-state index in [0.29, 0.717) is 16.9 Å². The fourth-order valence-corrected chi connectivity index (χ4v) is 4.28. The number of thioether (sulfide) groups is 1. The van der Waals surface area contributed by atoms with E-state index in [1.165, 1.54) is 28.8 Å². The number of rotatable bonds is 4. The van der Waals surface area contributed by atoms with Crippen LogP contribution < -0.4 is 0 Å². The maximum Gasteiger partial charge on any atom is 0.327 e. The quantitative estimate of drug-likeness (QED) is 0.904. The molecule has 1 aliphatic heterocycles. The van der Waals surface area contributed by atoms with Crippen LogP contribution in [0, 0.1) is 5.82 Å². The lowest BCUT2D eigenvalue weighted by Gasteiger charge is -2.27. The molecule has 25 heavy (non-hydrogen) atoms. The molecule has 2 aromatic carbocycles. The number of nitrogens with zero attached hydrogens (tertiary/aromatic N) is 1. The van der Waals surface area contributed by atoms with E-state index >= 15 is 0 Å². The van der Waals surface area contributed by atoms with Crippen molar-refractivity contribution >= 4 is 23.6 Å². The fourth-order valence-electron chi connectivity index (χ4n) is 2.86. The molecule has 130 valence electrons. The normalized spacial score (nSPS) is 19.8. The van der Waals surface area contributed by atoms with Gasteiger partial charge < -0.3 is 10.0 Å². The molecule has 1 aliphatic rings. The molecule has 1 saturated heterocycles. The first-order valence-electron chi connectivity index (χ1n) is 8.02. The molecule has 0 aromatic heterocycles. The Bertz CT molecular complexity index is 776. The number of hydrogen-bond acceptors (Lipinski definition) is 3. The van der Waals surface area contributed by atoms with Crippen LogP contribution in [0.4, 0.5) is 4.39 Å². The molecule has 3 rings (SSSR count). The number of aryl methyl sites for hydroxylation is 1. The summed E-state index contributed by atoms with van der Waals surface area (Å²) in [5, 5.41) is 9.06. The summed E-state index contributed by atoms with van der Waals surface area (Å²) in [6, 6.07) is 12.1. The van der Waals surface area contributed by atoms with Crippen LogP contribution in [0.25, 0.3) is 0 Å². The third kappa shape index (κ3) is 3.54. The van der Waals surface area contributed by atoms with E-state index < -0.39 is 17.4 Å². The third-order valence-electron chi connectivity index (χ3n) is 4.28. The zero-order valence-corrected chi connectivity index (χ0v) is 14.5. The molecular weight excluding hydrogens is 341 g/mol. The first-order valence-corrected chi connectivity index (χ1v) is 9.07. The number of benzene rings is 2. The molecule has 1 N–H and O–H groups in total. The van der Waals surface area contributed by atoms with E-state index in [-0.39, 0.29) is 11.7 Å². The van der Waals surface area contributed by atoms with Crippen LogP contribution in [0.1, 0.15) is 33.8 Å². The van der Waals surface area contributed by atoms with E-state index in [9.17, 15) is 19.1 Å².